The van der Waals surface area contributed by atoms with Gasteiger partial charge in [-0.05, 0) is 25.7 Å². The van der Waals surface area contributed by atoms with E-state index >= 15 is 0 Å². The predicted molar refractivity (Wildman–Crippen MR) is 67.2 cm³/mol. The molecule has 0 heterocycles. The topological polar surface area (TPSA) is 69.6 Å². The van der Waals surface area contributed by atoms with Crippen LogP contribution in [0.4, 0.5) is 0 Å². The molecule has 102 valence electrons. The first-order chi connectivity index (χ1) is 8.58. The van der Waals surface area contributed by atoms with Gasteiger partial charge in [0.2, 0.25) is 5.91 Å². The van der Waals surface area contributed by atoms with Crippen molar-refractivity contribution in [2.75, 3.05) is 6.54 Å². The van der Waals surface area contributed by atoms with E-state index in [9.17, 15) is 9.59 Å². The van der Waals surface area contributed by atoms with E-state index in [1.807, 2.05) is 0 Å². The number of nitrogens with zero attached hydrogens (tertiary/aromatic N) is 1. The Morgan fingerprint density at radius 2 is 1.89 bits per heavy atom. The molecule has 2 fully saturated rings. The number of rotatable bonds is 5. The van der Waals surface area contributed by atoms with Crippen LogP contribution in [-0.4, -0.2) is 46.6 Å². The van der Waals surface area contributed by atoms with Crippen molar-refractivity contribution < 1.29 is 14.7 Å². The summed E-state index contributed by atoms with van der Waals surface area (Å²) in [5.74, 6) is -0.785. The fourth-order valence-electron chi connectivity index (χ4n) is 3.02. The lowest BCUT2D eigenvalue weighted by atomic mass is 9.88. The lowest BCUT2D eigenvalue weighted by molar-refractivity contribution is -0.139. The highest BCUT2D eigenvalue weighted by molar-refractivity contribution is 5.73. The van der Waals surface area contributed by atoms with Crippen molar-refractivity contribution in [2.24, 2.45) is 0 Å². The molecule has 2 atom stereocenters. The van der Waals surface area contributed by atoms with Crippen molar-refractivity contribution in [2.45, 2.75) is 63.6 Å². The molecule has 0 unspecified atom stereocenters. The van der Waals surface area contributed by atoms with Crippen molar-refractivity contribution >= 4 is 11.9 Å². The van der Waals surface area contributed by atoms with E-state index in [1.165, 1.54) is 6.92 Å². The summed E-state index contributed by atoms with van der Waals surface area (Å²) in [4.78, 5) is 24.3. The number of aliphatic carboxylic acids is 1. The van der Waals surface area contributed by atoms with E-state index in [0.717, 1.165) is 38.5 Å². The van der Waals surface area contributed by atoms with E-state index in [2.05, 4.69) is 10.2 Å². The molecule has 2 aliphatic rings. The normalized spacial score (nSPS) is 28.1. The average Bonchev–Trinajstić information content (AvgIpc) is 3.09. The molecule has 0 aliphatic heterocycles. The molecule has 18 heavy (non-hydrogen) atoms. The van der Waals surface area contributed by atoms with Crippen molar-refractivity contribution in [3.8, 4) is 0 Å². The van der Waals surface area contributed by atoms with Gasteiger partial charge in [0.15, 0.2) is 0 Å². The summed E-state index contributed by atoms with van der Waals surface area (Å²) in [7, 11) is 0. The number of amides is 1. The minimum Gasteiger partial charge on any atom is -0.480 e. The van der Waals surface area contributed by atoms with Gasteiger partial charge >= 0.3 is 5.97 Å². The maximum atomic E-state index is 11.2. The predicted octanol–water partition coefficient (Wildman–Crippen LogP) is 0.983. The first kappa shape index (κ1) is 13.3. The van der Waals surface area contributed by atoms with E-state index < -0.39 is 5.97 Å². The van der Waals surface area contributed by atoms with Gasteiger partial charge in [-0.25, -0.2) is 0 Å². The second kappa shape index (κ2) is 5.69. The largest absolute Gasteiger partial charge is 0.480 e. The third-order valence-corrected chi connectivity index (χ3v) is 3.88. The number of carboxylic acid groups (broad SMARTS) is 1. The van der Waals surface area contributed by atoms with E-state index in [1.54, 1.807) is 0 Å². The lowest BCUT2D eigenvalue weighted by Crippen LogP contribution is -2.54. The number of carbonyl (C=O) groups excluding carboxylic acids is 1. The maximum absolute atomic E-state index is 11.2. The van der Waals surface area contributed by atoms with Crippen LogP contribution in [0.1, 0.15) is 45.4 Å². The van der Waals surface area contributed by atoms with Crippen molar-refractivity contribution in [1.82, 2.24) is 10.2 Å². The molecule has 0 radical (unpaired) electrons. The Bertz CT molecular complexity index is 328. The van der Waals surface area contributed by atoms with Gasteiger partial charge in [0.05, 0.1) is 6.54 Å². The van der Waals surface area contributed by atoms with E-state index in [4.69, 9.17) is 5.11 Å². The van der Waals surface area contributed by atoms with Gasteiger partial charge in [-0.3, -0.25) is 14.5 Å². The van der Waals surface area contributed by atoms with E-state index in [0.29, 0.717) is 6.04 Å². The fourth-order valence-corrected chi connectivity index (χ4v) is 3.02. The Hall–Kier alpha value is -1.10. The zero-order chi connectivity index (χ0) is 13.1. The van der Waals surface area contributed by atoms with Gasteiger partial charge in [0.1, 0.15) is 0 Å². The first-order valence-corrected chi connectivity index (χ1v) is 6.82. The summed E-state index contributed by atoms with van der Waals surface area (Å²) >= 11 is 0. The zero-order valence-electron chi connectivity index (χ0n) is 10.9. The highest BCUT2D eigenvalue weighted by Gasteiger charge is 2.39. The van der Waals surface area contributed by atoms with E-state index in [-0.39, 0.29) is 24.5 Å². The second-order valence-electron chi connectivity index (χ2n) is 5.46. The Balaban J connectivity index is 2.04. The molecule has 0 aromatic carbocycles. The molecular weight excluding hydrogens is 232 g/mol. The molecule has 5 heteroatoms. The number of carbonyl (C=O) groups is 2. The molecule has 0 aromatic rings. The summed E-state index contributed by atoms with van der Waals surface area (Å²) in [6.07, 6.45) is 6.39. The number of hydrogen-bond acceptors (Lipinski definition) is 3. The van der Waals surface area contributed by atoms with Gasteiger partial charge in [0.25, 0.3) is 0 Å². The zero-order valence-corrected chi connectivity index (χ0v) is 10.9. The smallest absolute Gasteiger partial charge is 0.317 e. The van der Waals surface area contributed by atoms with Crippen LogP contribution in [0.2, 0.25) is 0 Å². The molecule has 0 aromatic heterocycles. The van der Waals surface area contributed by atoms with Crippen LogP contribution < -0.4 is 5.32 Å². The van der Waals surface area contributed by atoms with Crippen molar-refractivity contribution in [1.29, 1.82) is 0 Å². The Morgan fingerprint density at radius 3 is 2.44 bits per heavy atom. The fraction of sp³-hybridized carbons (Fsp3) is 0.846. The third kappa shape index (κ3) is 3.45. The Labute approximate surface area is 108 Å². The van der Waals surface area contributed by atoms with Gasteiger partial charge in [0, 0.05) is 25.0 Å². The molecular formula is C13H22N2O3. The lowest BCUT2D eigenvalue weighted by Gasteiger charge is -2.39. The minimum atomic E-state index is -0.769. The molecule has 0 spiro atoms. The van der Waals surface area contributed by atoms with Crippen LogP contribution in [0, 0.1) is 0 Å². The monoisotopic (exact) mass is 254 g/mol. The number of nitrogens with one attached hydrogen (secondary N) is 1. The van der Waals surface area contributed by atoms with Crippen molar-refractivity contribution in [3.63, 3.8) is 0 Å². The highest BCUT2D eigenvalue weighted by Crippen LogP contribution is 2.33. The third-order valence-electron chi connectivity index (χ3n) is 3.88. The van der Waals surface area contributed by atoms with Crippen LogP contribution in [0.25, 0.3) is 0 Å². The summed E-state index contributed by atoms with van der Waals surface area (Å²) in [6.45, 7) is 1.63. The van der Waals surface area contributed by atoms with Gasteiger partial charge in [-0.2, -0.15) is 0 Å². The van der Waals surface area contributed by atoms with Gasteiger partial charge < -0.3 is 10.4 Å². The second-order valence-corrected chi connectivity index (χ2v) is 5.46. The standard InChI is InChI=1S/C13H22N2O3/c1-9(16)14-11-4-2-3-5-12(11)15(8-13(17)18)10-6-7-10/h10-12H,2-8H2,1H3,(H,14,16)(H,17,18)/t11-,12+/m1/s1. The van der Waals surface area contributed by atoms with Crippen LogP contribution in [0.3, 0.4) is 0 Å². The molecule has 2 N–H and O–H groups in total. The van der Waals surface area contributed by atoms with Crippen LogP contribution in [-0.2, 0) is 9.59 Å². The van der Waals surface area contributed by atoms with Crippen LogP contribution >= 0.6 is 0 Å². The first-order valence-electron chi connectivity index (χ1n) is 6.82. The molecule has 2 saturated carbocycles. The molecule has 5 nitrogen and oxygen atoms in total. The number of carboxylic acids is 1. The molecule has 0 saturated heterocycles. The Kier molecular flexibility index (Phi) is 4.22. The number of hydrogen-bond donors (Lipinski definition) is 2. The summed E-state index contributed by atoms with van der Waals surface area (Å²) < 4.78 is 0. The molecule has 0 bridgehead atoms. The average molecular weight is 254 g/mol. The summed E-state index contributed by atoms with van der Waals surface area (Å²) in [5, 5.41) is 12.0. The maximum Gasteiger partial charge on any atom is 0.317 e. The molecule has 2 rings (SSSR count). The minimum absolute atomic E-state index is 0.0158. The van der Waals surface area contributed by atoms with Crippen molar-refractivity contribution in [3.05, 3.63) is 0 Å². The SMILES string of the molecule is CC(=O)N[C@@H]1CCCC[C@@H]1N(CC(=O)O)C1CC1. The molecule has 2 aliphatic carbocycles. The summed E-state index contributed by atoms with van der Waals surface area (Å²) in [6, 6.07) is 0.739. The summed E-state index contributed by atoms with van der Waals surface area (Å²) in [5.41, 5.74) is 0. The van der Waals surface area contributed by atoms with Gasteiger partial charge in [-0.15, -0.1) is 0 Å². The van der Waals surface area contributed by atoms with Crippen LogP contribution in [0.15, 0.2) is 0 Å². The van der Waals surface area contributed by atoms with Gasteiger partial charge in [-0.1, -0.05) is 12.8 Å². The van der Waals surface area contributed by atoms with Crippen LogP contribution in [0.5, 0.6) is 0 Å². The molecule has 1 amide bonds. The highest BCUT2D eigenvalue weighted by atomic mass is 16.4. The quantitative estimate of drug-likeness (QED) is 0.767. The Morgan fingerprint density at radius 1 is 1.22 bits per heavy atom.